The van der Waals surface area contributed by atoms with E-state index in [0.29, 0.717) is 6.26 Å². The highest BCUT2D eigenvalue weighted by Gasteiger charge is 2.24. The van der Waals surface area contributed by atoms with Crippen molar-refractivity contribution in [1.82, 2.24) is 14.7 Å². The van der Waals surface area contributed by atoms with E-state index >= 15 is 0 Å². The monoisotopic (exact) mass is 405 g/mol. The smallest absolute Gasteiger partial charge is 0.261 e. The molecule has 0 saturated carbocycles. The van der Waals surface area contributed by atoms with E-state index in [9.17, 15) is 8.42 Å². The van der Waals surface area contributed by atoms with Crippen LogP contribution in [0, 0.1) is 0 Å². The molecule has 1 N–H and O–H groups in total. The van der Waals surface area contributed by atoms with Crippen molar-refractivity contribution >= 4 is 21.5 Å². The van der Waals surface area contributed by atoms with Crippen LogP contribution < -0.4 is 0 Å². The fraction of sp³-hybridized carbons (Fsp3) is 0.316. The van der Waals surface area contributed by atoms with Crippen molar-refractivity contribution in [3.63, 3.8) is 0 Å². The molecule has 6 nitrogen and oxygen atoms in total. The number of fused-ring (bicyclic) bond motifs is 1. The molecule has 0 atom stereocenters. The third-order valence-corrected chi connectivity index (χ3v) is 5.13. The lowest BCUT2D eigenvalue weighted by atomic mass is 10.0. The quantitative estimate of drug-likeness (QED) is 0.678. The Bertz CT molecular complexity index is 973. The van der Waals surface area contributed by atoms with E-state index in [1.54, 1.807) is 11.3 Å². The van der Waals surface area contributed by atoms with Crippen LogP contribution in [0.15, 0.2) is 47.8 Å². The lowest BCUT2D eigenvalue weighted by Crippen LogP contribution is -2.27. The molecular weight excluding hydrogens is 382 g/mol. The van der Waals surface area contributed by atoms with E-state index < -0.39 is 10.1 Å². The summed E-state index contributed by atoms with van der Waals surface area (Å²) in [7, 11) is -1.48. The Morgan fingerprint density at radius 3 is 2.52 bits per heavy atom. The second-order valence-corrected chi connectivity index (χ2v) is 9.03. The van der Waals surface area contributed by atoms with Crippen LogP contribution in [-0.4, -0.2) is 47.5 Å². The van der Waals surface area contributed by atoms with Gasteiger partial charge in [0.25, 0.3) is 10.1 Å². The highest BCUT2D eigenvalue weighted by atomic mass is 32.2. The van der Waals surface area contributed by atoms with Crippen molar-refractivity contribution in [2.24, 2.45) is 0 Å². The topological polar surface area (TPSA) is 75.4 Å². The minimum absolute atomic E-state index is 0.715. The Kier molecular flexibility index (Phi) is 6.11. The predicted molar refractivity (Wildman–Crippen MR) is 109 cm³/mol. The van der Waals surface area contributed by atoms with Crippen molar-refractivity contribution in [2.45, 2.75) is 19.5 Å². The molecular formula is C19H23N3O3S2. The van der Waals surface area contributed by atoms with Gasteiger partial charge in [-0.25, -0.2) is 0 Å². The Hall–Kier alpha value is -2.00. The molecule has 0 unspecified atom stereocenters. The van der Waals surface area contributed by atoms with Crippen molar-refractivity contribution in [3.05, 3.63) is 64.7 Å². The van der Waals surface area contributed by atoms with Crippen molar-refractivity contribution in [1.29, 1.82) is 0 Å². The molecule has 3 aromatic rings. The van der Waals surface area contributed by atoms with Gasteiger partial charge in [-0.1, -0.05) is 36.4 Å². The minimum atomic E-state index is -3.67. The lowest BCUT2D eigenvalue weighted by molar-refractivity contribution is 0.308. The second-order valence-electron chi connectivity index (χ2n) is 6.62. The molecule has 0 aliphatic carbocycles. The Balaban J connectivity index is 0.000000376. The van der Waals surface area contributed by atoms with Crippen molar-refractivity contribution in [2.75, 3.05) is 19.8 Å². The number of likely N-dealkylation sites (N-methyl/N-ethyl adjacent to an activating group) is 1. The molecule has 0 bridgehead atoms. The first-order valence-electron chi connectivity index (χ1n) is 8.58. The predicted octanol–water partition coefficient (Wildman–Crippen LogP) is 3.15. The summed E-state index contributed by atoms with van der Waals surface area (Å²) < 4.78 is 28.1. The van der Waals surface area contributed by atoms with Gasteiger partial charge in [-0.3, -0.25) is 9.23 Å². The van der Waals surface area contributed by atoms with Crippen LogP contribution in [0.3, 0.4) is 0 Å². The minimum Gasteiger partial charge on any atom is -0.302 e. The molecule has 1 aliphatic rings. The SMILES string of the molecule is CN1CCc2c(c(-c3cccs3)nn2Cc2ccccc2)C1.CS(=O)(=O)O. The van der Waals surface area contributed by atoms with Crippen molar-refractivity contribution < 1.29 is 13.0 Å². The summed E-state index contributed by atoms with van der Waals surface area (Å²) in [6.07, 6.45) is 1.80. The average molecular weight is 406 g/mol. The molecule has 0 fully saturated rings. The molecule has 4 rings (SSSR count). The molecule has 2 aromatic heterocycles. The first kappa shape index (κ1) is 19.8. The molecule has 0 radical (unpaired) electrons. The van der Waals surface area contributed by atoms with Crippen LogP contribution >= 0.6 is 11.3 Å². The normalized spacial score (nSPS) is 14.3. The van der Waals surface area contributed by atoms with Crippen LogP contribution in [0.1, 0.15) is 16.8 Å². The Labute approximate surface area is 163 Å². The molecule has 0 spiro atoms. The summed E-state index contributed by atoms with van der Waals surface area (Å²) in [4.78, 5) is 3.66. The largest absolute Gasteiger partial charge is 0.302 e. The molecule has 0 saturated heterocycles. The van der Waals surface area contributed by atoms with Gasteiger partial charge in [0.05, 0.1) is 17.7 Å². The zero-order valence-electron chi connectivity index (χ0n) is 15.4. The van der Waals surface area contributed by atoms with Gasteiger partial charge in [-0.2, -0.15) is 13.5 Å². The molecule has 1 aromatic carbocycles. The molecule has 3 heterocycles. The standard InChI is InChI=1S/C18H19N3S.CH4O3S/c1-20-10-9-16-15(13-20)18(17-8-5-11-22-17)19-21(16)12-14-6-3-2-4-7-14;1-5(2,3)4/h2-8,11H,9-10,12-13H2,1H3;1H3,(H,2,3,4). The number of rotatable bonds is 3. The third kappa shape index (κ3) is 5.49. The van der Waals surface area contributed by atoms with E-state index in [2.05, 4.69) is 64.5 Å². The van der Waals surface area contributed by atoms with Crippen LogP contribution in [0.25, 0.3) is 10.6 Å². The Morgan fingerprint density at radius 1 is 1.19 bits per heavy atom. The van der Waals surface area contributed by atoms with Crippen LogP contribution in [0.4, 0.5) is 0 Å². The summed E-state index contributed by atoms with van der Waals surface area (Å²) in [6, 6.07) is 14.9. The summed E-state index contributed by atoms with van der Waals surface area (Å²) in [5.74, 6) is 0. The van der Waals surface area contributed by atoms with Gasteiger partial charge >= 0.3 is 0 Å². The number of hydrogen-bond donors (Lipinski definition) is 1. The van der Waals surface area contributed by atoms with E-state index in [0.717, 1.165) is 26.1 Å². The number of nitrogens with zero attached hydrogens (tertiary/aromatic N) is 3. The molecule has 144 valence electrons. The first-order valence-corrected chi connectivity index (χ1v) is 11.3. The molecule has 8 heteroatoms. The number of hydrogen-bond acceptors (Lipinski definition) is 5. The maximum atomic E-state index is 9.19. The number of aromatic nitrogens is 2. The van der Waals surface area contributed by atoms with Gasteiger partial charge < -0.3 is 4.90 Å². The molecule has 1 aliphatic heterocycles. The highest BCUT2D eigenvalue weighted by Crippen LogP contribution is 2.32. The van der Waals surface area contributed by atoms with Crippen LogP contribution in [0.5, 0.6) is 0 Å². The summed E-state index contributed by atoms with van der Waals surface area (Å²) in [5.41, 5.74) is 5.30. The summed E-state index contributed by atoms with van der Waals surface area (Å²) in [6.45, 7) is 2.97. The Morgan fingerprint density at radius 2 is 1.89 bits per heavy atom. The molecule has 27 heavy (non-hydrogen) atoms. The fourth-order valence-electron chi connectivity index (χ4n) is 3.12. The van der Waals surface area contributed by atoms with Crippen LogP contribution in [0.2, 0.25) is 0 Å². The van der Waals surface area contributed by atoms with Gasteiger partial charge in [0.15, 0.2) is 0 Å². The van der Waals surface area contributed by atoms with Gasteiger partial charge in [0, 0.05) is 30.8 Å². The fourth-order valence-corrected chi connectivity index (χ4v) is 3.86. The van der Waals surface area contributed by atoms with Gasteiger partial charge in [0.2, 0.25) is 0 Å². The molecule has 0 amide bonds. The van der Waals surface area contributed by atoms with E-state index in [1.807, 2.05) is 0 Å². The van der Waals surface area contributed by atoms with E-state index in [4.69, 9.17) is 9.65 Å². The summed E-state index contributed by atoms with van der Waals surface area (Å²) in [5, 5.41) is 7.09. The van der Waals surface area contributed by atoms with Gasteiger partial charge in [-0.05, 0) is 24.1 Å². The van der Waals surface area contributed by atoms with E-state index in [1.165, 1.54) is 27.4 Å². The van der Waals surface area contributed by atoms with Crippen LogP contribution in [-0.2, 0) is 29.6 Å². The summed E-state index contributed by atoms with van der Waals surface area (Å²) >= 11 is 1.78. The first-order chi connectivity index (χ1) is 12.8. The zero-order chi connectivity index (χ0) is 19.4. The zero-order valence-corrected chi connectivity index (χ0v) is 17.0. The van der Waals surface area contributed by atoms with E-state index in [-0.39, 0.29) is 0 Å². The highest BCUT2D eigenvalue weighted by molar-refractivity contribution is 7.85. The third-order valence-electron chi connectivity index (χ3n) is 4.25. The number of thiophene rings is 1. The maximum Gasteiger partial charge on any atom is 0.261 e. The lowest BCUT2D eigenvalue weighted by Gasteiger charge is -2.23. The number of benzene rings is 1. The maximum absolute atomic E-state index is 9.19. The second kappa shape index (κ2) is 8.35. The van der Waals surface area contributed by atoms with Gasteiger partial charge in [-0.15, -0.1) is 11.3 Å². The average Bonchev–Trinajstić information content (AvgIpc) is 3.22. The van der Waals surface area contributed by atoms with Crippen molar-refractivity contribution in [3.8, 4) is 10.6 Å². The van der Waals surface area contributed by atoms with Gasteiger partial charge in [0.1, 0.15) is 5.69 Å².